The molecule has 0 saturated carbocycles. The third-order valence-electron chi connectivity index (χ3n) is 6.63. The quantitative estimate of drug-likeness (QED) is 0.324. The number of hydrogen-bond acceptors (Lipinski definition) is 8. The number of phenolic OH excluding ortho intramolecular Hbond substituents is 1. The SMILES string of the molecule is CC.COc1ccnc(C(=O)N[C@H]2CCCC(Cc3ccc(C)cc3)CC(C)OC2=O)c1OC(C)=O.Oc1ccccc1. The molecule has 3 aromatic rings. The summed E-state index contributed by atoms with van der Waals surface area (Å²) in [5.41, 5.74) is 2.36. The van der Waals surface area contributed by atoms with Gasteiger partial charge < -0.3 is 24.6 Å². The van der Waals surface area contributed by atoms with Crippen molar-refractivity contribution >= 4 is 17.8 Å². The van der Waals surface area contributed by atoms with E-state index in [9.17, 15) is 14.4 Å². The number of para-hydroxylation sites is 1. The number of methoxy groups -OCH3 is 1. The number of aromatic hydroxyl groups is 1. The van der Waals surface area contributed by atoms with Crippen LogP contribution < -0.4 is 14.8 Å². The van der Waals surface area contributed by atoms with Crippen molar-refractivity contribution in [1.82, 2.24) is 10.3 Å². The van der Waals surface area contributed by atoms with E-state index in [1.54, 1.807) is 24.3 Å². The summed E-state index contributed by atoms with van der Waals surface area (Å²) in [6.45, 7) is 9.17. The summed E-state index contributed by atoms with van der Waals surface area (Å²) < 4.78 is 16.0. The minimum absolute atomic E-state index is 0.0852. The second-order valence-electron chi connectivity index (χ2n) is 10.1. The molecule has 1 saturated heterocycles. The number of carbonyl (C=O) groups is 3. The minimum Gasteiger partial charge on any atom is -0.508 e. The summed E-state index contributed by atoms with van der Waals surface area (Å²) in [5.74, 6) is -0.930. The van der Waals surface area contributed by atoms with Crippen LogP contribution in [0.1, 0.15) is 75.0 Å². The number of nitrogens with one attached hydrogen (secondary N) is 1. The molecule has 0 radical (unpaired) electrons. The van der Waals surface area contributed by atoms with Crippen LogP contribution in [0, 0.1) is 12.8 Å². The maximum Gasteiger partial charge on any atom is 0.328 e. The van der Waals surface area contributed by atoms with E-state index in [-0.39, 0.29) is 23.3 Å². The van der Waals surface area contributed by atoms with Gasteiger partial charge in [0, 0.05) is 19.2 Å². The highest BCUT2D eigenvalue weighted by molar-refractivity contribution is 5.98. The summed E-state index contributed by atoms with van der Waals surface area (Å²) in [6.07, 6.45) is 4.89. The first-order valence-electron chi connectivity index (χ1n) is 14.7. The number of hydrogen-bond donors (Lipinski definition) is 2. The van der Waals surface area contributed by atoms with Gasteiger partial charge in [0.05, 0.1) is 13.2 Å². The van der Waals surface area contributed by atoms with Crippen molar-refractivity contribution in [3.8, 4) is 17.2 Å². The first kappa shape index (κ1) is 34.8. The fraction of sp³-hybridized carbons (Fsp3) is 0.412. The molecule has 4 rings (SSSR count). The molecule has 2 heterocycles. The molecule has 9 heteroatoms. The summed E-state index contributed by atoms with van der Waals surface area (Å²) in [7, 11) is 1.40. The number of aromatic nitrogens is 1. The van der Waals surface area contributed by atoms with Gasteiger partial charge in [0.1, 0.15) is 11.8 Å². The number of ether oxygens (including phenoxy) is 3. The van der Waals surface area contributed by atoms with Crippen LogP contribution in [0.25, 0.3) is 0 Å². The first-order chi connectivity index (χ1) is 20.7. The summed E-state index contributed by atoms with van der Waals surface area (Å²) in [6, 6.07) is 17.9. The van der Waals surface area contributed by atoms with E-state index in [4.69, 9.17) is 19.3 Å². The second-order valence-corrected chi connectivity index (χ2v) is 10.1. The van der Waals surface area contributed by atoms with Crippen molar-refractivity contribution in [3.63, 3.8) is 0 Å². The zero-order chi connectivity index (χ0) is 31.8. The van der Waals surface area contributed by atoms with Crippen molar-refractivity contribution < 1.29 is 33.7 Å². The highest BCUT2D eigenvalue weighted by Gasteiger charge is 2.30. The smallest absolute Gasteiger partial charge is 0.328 e. The number of nitrogens with zero attached hydrogens (tertiary/aromatic N) is 1. The Labute approximate surface area is 254 Å². The van der Waals surface area contributed by atoms with Crippen molar-refractivity contribution in [2.75, 3.05) is 7.11 Å². The van der Waals surface area contributed by atoms with E-state index < -0.39 is 23.9 Å². The maximum atomic E-state index is 13.0. The molecule has 2 unspecified atom stereocenters. The van der Waals surface area contributed by atoms with Crippen molar-refractivity contribution in [2.24, 2.45) is 5.92 Å². The molecular weight excluding hydrogens is 548 g/mol. The minimum atomic E-state index is -0.828. The highest BCUT2D eigenvalue weighted by atomic mass is 16.6. The molecule has 2 aromatic carbocycles. The zero-order valence-electron chi connectivity index (χ0n) is 26.0. The largest absolute Gasteiger partial charge is 0.508 e. The second kappa shape index (κ2) is 18.2. The molecule has 1 aliphatic heterocycles. The zero-order valence-corrected chi connectivity index (χ0v) is 26.0. The molecule has 3 atom stereocenters. The Bertz CT molecular complexity index is 1300. The van der Waals surface area contributed by atoms with Gasteiger partial charge in [0.2, 0.25) is 5.75 Å². The van der Waals surface area contributed by atoms with Gasteiger partial charge in [-0.1, -0.05) is 68.3 Å². The van der Waals surface area contributed by atoms with E-state index in [2.05, 4.69) is 41.5 Å². The number of phenols is 1. The normalized spacial score (nSPS) is 18.0. The van der Waals surface area contributed by atoms with Crippen molar-refractivity contribution in [1.29, 1.82) is 0 Å². The lowest BCUT2D eigenvalue weighted by atomic mass is 9.89. The Kier molecular flexibility index (Phi) is 14.7. The Morgan fingerprint density at radius 2 is 1.72 bits per heavy atom. The van der Waals surface area contributed by atoms with Crippen LogP contribution in [0.3, 0.4) is 0 Å². The average Bonchev–Trinajstić information content (AvgIpc) is 3.04. The Morgan fingerprint density at radius 3 is 2.30 bits per heavy atom. The van der Waals surface area contributed by atoms with E-state index >= 15 is 0 Å². The fourth-order valence-electron chi connectivity index (χ4n) is 4.67. The molecule has 1 amide bonds. The summed E-state index contributed by atoms with van der Waals surface area (Å²) in [5, 5.41) is 11.3. The molecule has 0 spiro atoms. The molecule has 1 aliphatic rings. The van der Waals surface area contributed by atoms with Crippen LogP contribution in [-0.2, 0) is 20.7 Å². The van der Waals surface area contributed by atoms with Gasteiger partial charge in [0.25, 0.3) is 5.91 Å². The van der Waals surface area contributed by atoms with Crippen molar-refractivity contribution in [3.05, 3.63) is 83.7 Å². The number of cyclic esters (lactones) is 1. The van der Waals surface area contributed by atoms with Crippen molar-refractivity contribution in [2.45, 2.75) is 78.9 Å². The fourth-order valence-corrected chi connectivity index (χ4v) is 4.67. The van der Waals surface area contributed by atoms with Gasteiger partial charge in [-0.3, -0.25) is 9.59 Å². The van der Waals surface area contributed by atoms with Gasteiger partial charge in [-0.15, -0.1) is 0 Å². The lowest BCUT2D eigenvalue weighted by Gasteiger charge is -2.21. The number of amides is 1. The van der Waals surface area contributed by atoms with Crippen LogP contribution in [0.15, 0.2) is 66.9 Å². The van der Waals surface area contributed by atoms with E-state index in [0.29, 0.717) is 18.1 Å². The molecular formula is C34H44N2O7. The molecule has 232 valence electrons. The average molecular weight is 593 g/mol. The third-order valence-corrected chi connectivity index (χ3v) is 6.63. The molecule has 2 N–H and O–H groups in total. The molecule has 43 heavy (non-hydrogen) atoms. The standard InChI is InChI=1S/C26H32N2O6.C6H6O.C2H6/c1-16-8-10-19(11-9-16)15-20-6-5-7-21(26(31)33-17(2)14-20)28-25(30)23-24(34-18(3)29)22(32-4)12-13-27-23;7-6-4-2-1-3-5-6;1-2/h8-13,17,20-21H,5-7,14-15H2,1-4H3,(H,28,30);1-5,7H;1-2H3/t17?,20?,21-;;/m0../s1. The van der Waals surface area contributed by atoms with Gasteiger partial charge in [-0.05, 0) is 63.1 Å². The number of rotatable bonds is 6. The highest BCUT2D eigenvalue weighted by Crippen LogP contribution is 2.30. The van der Waals surface area contributed by atoms with Crippen LogP contribution in [0.2, 0.25) is 0 Å². The molecule has 9 nitrogen and oxygen atoms in total. The van der Waals surface area contributed by atoms with Gasteiger partial charge in [-0.25, -0.2) is 9.78 Å². The predicted molar refractivity (Wildman–Crippen MR) is 165 cm³/mol. The summed E-state index contributed by atoms with van der Waals surface area (Å²) >= 11 is 0. The predicted octanol–water partition coefficient (Wildman–Crippen LogP) is 6.21. The number of carbonyl (C=O) groups excluding carboxylic acids is 3. The Hall–Kier alpha value is -4.40. The molecule has 1 aromatic heterocycles. The first-order valence-corrected chi connectivity index (χ1v) is 14.7. The third kappa shape index (κ3) is 11.8. The van der Waals surface area contributed by atoms with Gasteiger partial charge in [-0.2, -0.15) is 0 Å². The topological polar surface area (TPSA) is 124 Å². The van der Waals surface area contributed by atoms with E-state index in [0.717, 1.165) is 25.7 Å². The van der Waals surface area contributed by atoms with Gasteiger partial charge >= 0.3 is 11.9 Å². The number of esters is 2. The molecule has 0 bridgehead atoms. The summed E-state index contributed by atoms with van der Waals surface area (Å²) in [4.78, 5) is 41.4. The monoisotopic (exact) mass is 592 g/mol. The Morgan fingerprint density at radius 1 is 1.05 bits per heavy atom. The van der Waals surface area contributed by atoms with E-state index in [1.807, 2.05) is 26.8 Å². The lowest BCUT2D eigenvalue weighted by Crippen LogP contribution is -2.43. The number of benzene rings is 2. The maximum absolute atomic E-state index is 13.0. The lowest BCUT2D eigenvalue weighted by molar-refractivity contribution is -0.151. The number of aryl methyl sites for hydroxylation is 1. The van der Waals surface area contributed by atoms with Crippen LogP contribution in [0.5, 0.6) is 17.2 Å². The van der Waals surface area contributed by atoms with Crippen LogP contribution in [0.4, 0.5) is 0 Å². The Balaban J connectivity index is 0.000000619. The van der Waals surface area contributed by atoms with Gasteiger partial charge in [0.15, 0.2) is 11.4 Å². The van der Waals surface area contributed by atoms with Crippen LogP contribution in [-0.4, -0.2) is 47.2 Å². The van der Waals surface area contributed by atoms with Crippen LogP contribution >= 0.6 is 0 Å². The molecule has 0 aliphatic carbocycles. The molecule has 1 fully saturated rings. The van der Waals surface area contributed by atoms with E-state index in [1.165, 1.54) is 37.4 Å². The number of pyridine rings is 1.